The maximum Gasteiger partial charge on any atom is -0.0203 e. The first-order chi connectivity index (χ1) is 7.04. The van der Waals surface area contributed by atoms with E-state index in [-0.39, 0.29) is 0 Å². The molecule has 0 aliphatic heterocycles. The molecule has 86 valence electrons. The number of allylic oxidation sites excluding steroid dienone is 1. The number of hydrogen-bond acceptors (Lipinski definition) is 0. The monoisotopic (exact) mass is 206 g/mol. The minimum absolute atomic E-state index is 0.625. The fourth-order valence-corrected chi connectivity index (χ4v) is 4.03. The highest BCUT2D eigenvalue weighted by atomic mass is 14.5. The van der Waals surface area contributed by atoms with Crippen LogP contribution in [0.25, 0.3) is 0 Å². The van der Waals surface area contributed by atoms with Crippen LogP contribution in [0.1, 0.15) is 59.3 Å². The summed E-state index contributed by atoms with van der Waals surface area (Å²) in [5.74, 6) is 2.75. The van der Waals surface area contributed by atoms with E-state index in [0.717, 1.165) is 17.8 Å². The van der Waals surface area contributed by atoms with E-state index < -0.39 is 0 Å². The average Bonchev–Trinajstić information content (AvgIpc) is 2.19. The summed E-state index contributed by atoms with van der Waals surface area (Å²) < 4.78 is 0. The Bertz CT molecular complexity index is 253. The van der Waals surface area contributed by atoms with Crippen LogP contribution in [0, 0.1) is 23.2 Å². The first-order valence-corrected chi connectivity index (χ1v) is 6.69. The molecule has 1 unspecified atom stereocenters. The zero-order chi connectivity index (χ0) is 11.1. The van der Waals surface area contributed by atoms with Crippen LogP contribution in [-0.2, 0) is 0 Å². The Kier molecular flexibility index (Phi) is 2.96. The van der Waals surface area contributed by atoms with Gasteiger partial charge in [0.15, 0.2) is 0 Å². The third-order valence-corrected chi connectivity index (χ3v) is 5.49. The summed E-state index contributed by atoms with van der Waals surface area (Å²) in [5.41, 5.74) is 2.05. The predicted molar refractivity (Wildman–Crippen MR) is 66.8 cm³/mol. The van der Waals surface area contributed by atoms with Gasteiger partial charge in [0.25, 0.3) is 0 Å². The molecule has 2 aliphatic rings. The minimum atomic E-state index is 0.625. The van der Waals surface area contributed by atoms with Crippen LogP contribution >= 0.6 is 0 Å². The number of rotatable bonds is 1. The molecule has 0 nitrogen and oxygen atoms in total. The van der Waals surface area contributed by atoms with Crippen molar-refractivity contribution in [3.8, 4) is 0 Å². The van der Waals surface area contributed by atoms with Crippen molar-refractivity contribution in [2.45, 2.75) is 59.3 Å². The third kappa shape index (κ3) is 1.88. The molecule has 0 heterocycles. The SMILES string of the molecule is C=C(C)[C@H]1CCC2CCC[C@H](C)[C@@]2(C)C1. The summed E-state index contributed by atoms with van der Waals surface area (Å²) in [6.07, 6.45) is 8.69. The maximum absolute atomic E-state index is 4.17. The topological polar surface area (TPSA) is 0 Å². The lowest BCUT2D eigenvalue weighted by Gasteiger charge is -2.52. The molecule has 2 saturated carbocycles. The molecule has 0 aromatic heterocycles. The van der Waals surface area contributed by atoms with Crippen molar-refractivity contribution in [1.29, 1.82) is 0 Å². The van der Waals surface area contributed by atoms with Gasteiger partial charge in [0.1, 0.15) is 0 Å². The van der Waals surface area contributed by atoms with Gasteiger partial charge in [-0.15, -0.1) is 0 Å². The molecule has 15 heavy (non-hydrogen) atoms. The molecule has 2 aliphatic carbocycles. The lowest BCUT2D eigenvalue weighted by molar-refractivity contribution is -0.00613. The molecule has 4 atom stereocenters. The van der Waals surface area contributed by atoms with Gasteiger partial charge in [-0.25, -0.2) is 0 Å². The Hall–Kier alpha value is -0.260. The zero-order valence-corrected chi connectivity index (χ0v) is 10.7. The lowest BCUT2D eigenvalue weighted by atomic mass is 9.53. The Morgan fingerprint density at radius 3 is 2.60 bits per heavy atom. The molecule has 0 radical (unpaired) electrons. The summed E-state index contributed by atoms with van der Waals surface area (Å²) in [4.78, 5) is 0. The first kappa shape index (κ1) is 11.2. The van der Waals surface area contributed by atoms with Crippen LogP contribution in [0.15, 0.2) is 12.2 Å². The van der Waals surface area contributed by atoms with Crippen LogP contribution in [-0.4, -0.2) is 0 Å². The fourth-order valence-electron chi connectivity index (χ4n) is 4.03. The highest BCUT2D eigenvalue weighted by molar-refractivity contribution is 5.04. The maximum atomic E-state index is 4.17. The molecule has 0 N–H and O–H groups in total. The van der Waals surface area contributed by atoms with Crippen molar-refractivity contribution in [3.05, 3.63) is 12.2 Å². The van der Waals surface area contributed by atoms with Crippen molar-refractivity contribution in [1.82, 2.24) is 0 Å². The van der Waals surface area contributed by atoms with Crippen LogP contribution in [0.5, 0.6) is 0 Å². The average molecular weight is 206 g/mol. The molecule has 0 amide bonds. The fraction of sp³-hybridized carbons (Fsp3) is 0.867. The van der Waals surface area contributed by atoms with Gasteiger partial charge in [0.2, 0.25) is 0 Å². The van der Waals surface area contributed by atoms with Crippen LogP contribution in [0.2, 0.25) is 0 Å². The minimum Gasteiger partial charge on any atom is -0.0999 e. The Balaban J connectivity index is 2.15. The second kappa shape index (κ2) is 3.96. The van der Waals surface area contributed by atoms with Crippen LogP contribution in [0.4, 0.5) is 0 Å². The van der Waals surface area contributed by atoms with E-state index in [1.165, 1.54) is 44.1 Å². The normalized spacial score (nSPS) is 45.9. The highest BCUT2D eigenvalue weighted by Gasteiger charge is 2.45. The Morgan fingerprint density at radius 2 is 1.93 bits per heavy atom. The zero-order valence-electron chi connectivity index (χ0n) is 10.7. The van der Waals surface area contributed by atoms with E-state index in [1.54, 1.807) is 0 Å². The van der Waals surface area contributed by atoms with E-state index in [2.05, 4.69) is 27.4 Å². The highest BCUT2D eigenvalue weighted by Crippen LogP contribution is 2.55. The molecule has 0 saturated heterocycles. The summed E-state index contributed by atoms with van der Waals surface area (Å²) in [6, 6.07) is 0. The van der Waals surface area contributed by atoms with Gasteiger partial charge in [-0.2, -0.15) is 0 Å². The largest absolute Gasteiger partial charge is 0.0999 e. The summed E-state index contributed by atoms with van der Waals surface area (Å²) in [5, 5.41) is 0. The van der Waals surface area contributed by atoms with Crippen molar-refractivity contribution in [2.75, 3.05) is 0 Å². The molecule has 0 spiro atoms. The van der Waals surface area contributed by atoms with Gasteiger partial charge < -0.3 is 0 Å². The van der Waals surface area contributed by atoms with Crippen molar-refractivity contribution in [3.63, 3.8) is 0 Å². The second-order valence-electron chi connectivity index (χ2n) is 6.36. The van der Waals surface area contributed by atoms with Gasteiger partial charge in [-0.05, 0) is 55.8 Å². The summed E-state index contributed by atoms with van der Waals surface area (Å²) >= 11 is 0. The molecule has 0 aromatic carbocycles. The number of fused-ring (bicyclic) bond motifs is 1. The van der Waals surface area contributed by atoms with Gasteiger partial charge in [-0.3, -0.25) is 0 Å². The predicted octanol–water partition coefficient (Wildman–Crippen LogP) is 4.81. The van der Waals surface area contributed by atoms with Crippen molar-refractivity contribution in [2.24, 2.45) is 23.2 Å². The third-order valence-electron chi connectivity index (χ3n) is 5.49. The summed E-state index contributed by atoms with van der Waals surface area (Å²) in [6.45, 7) is 11.4. The molecule has 0 bridgehead atoms. The van der Waals surface area contributed by atoms with Crippen molar-refractivity contribution >= 4 is 0 Å². The second-order valence-corrected chi connectivity index (χ2v) is 6.36. The summed E-state index contributed by atoms with van der Waals surface area (Å²) in [7, 11) is 0. The number of hydrogen-bond donors (Lipinski definition) is 0. The Morgan fingerprint density at radius 1 is 1.20 bits per heavy atom. The van der Waals surface area contributed by atoms with Crippen LogP contribution < -0.4 is 0 Å². The van der Waals surface area contributed by atoms with E-state index in [9.17, 15) is 0 Å². The molecule has 2 fully saturated rings. The van der Waals surface area contributed by atoms with E-state index >= 15 is 0 Å². The van der Waals surface area contributed by atoms with Crippen molar-refractivity contribution < 1.29 is 0 Å². The van der Waals surface area contributed by atoms with Gasteiger partial charge in [0, 0.05) is 0 Å². The standard InChI is InChI=1S/C15H26/c1-11(2)13-8-9-14-7-5-6-12(3)15(14,4)10-13/h12-14H,1,5-10H2,2-4H3/t12-,13-,14?,15+/m0/s1. The molecule has 0 aromatic rings. The van der Waals surface area contributed by atoms with E-state index in [0.29, 0.717) is 5.41 Å². The smallest absolute Gasteiger partial charge is 0.0203 e. The quantitative estimate of drug-likeness (QED) is 0.540. The molecular weight excluding hydrogens is 180 g/mol. The molecule has 0 heteroatoms. The van der Waals surface area contributed by atoms with Gasteiger partial charge in [-0.1, -0.05) is 38.8 Å². The lowest BCUT2D eigenvalue weighted by Crippen LogP contribution is -2.42. The molecule has 2 rings (SSSR count). The van der Waals surface area contributed by atoms with Gasteiger partial charge in [0.05, 0.1) is 0 Å². The first-order valence-electron chi connectivity index (χ1n) is 6.69. The molecular formula is C15H26. The van der Waals surface area contributed by atoms with E-state index in [1.807, 2.05) is 0 Å². The van der Waals surface area contributed by atoms with Crippen LogP contribution in [0.3, 0.4) is 0 Å². The van der Waals surface area contributed by atoms with Gasteiger partial charge >= 0.3 is 0 Å². The Labute approximate surface area is 95.1 Å². The van der Waals surface area contributed by atoms with E-state index in [4.69, 9.17) is 0 Å².